The molecule has 0 aliphatic heterocycles. The van der Waals surface area contributed by atoms with Crippen LogP contribution in [-0.2, 0) is 27.7 Å². The topological polar surface area (TPSA) is 101 Å². The number of hydrogen-bond acceptors (Lipinski definition) is 6. The lowest BCUT2D eigenvalue weighted by Gasteiger charge is -2.19. The van der Waals surface area contributed by atoms with E-state index in [1.165, 1.54) is 30.9 Å². The maximum absolute atomic E-state index is 12.5. The van der Waals surface area contributed by atoms with E-state index in [1.807, 2.05) is 6.07 Å². The number of hydrogen-bond donors (Lipinski definition) is 2. The molecule has 9 heteroatoms. The first-order valence-corrected chi connectivity index (χ1v) is 10.4. The Balaban J connectivity index is 1.76. The number of carbonyl (C=O) groups excluding carboxylic acids is 1. The average molecular weight is 380 g/mol. The first-order valence-electron chi connectivity index (χ1n) is 8.10. The molecule has 1 aliphatic carbocycles. The fraction of sp³-hybridized carbons (Fsp3) is 0.438. The molecule has 0 bridgehead atoms. The zero-order valence-corrected chi connectivity index (χ0v) is 15.7. The molecular weight excluding hydrogens is 360 g/mol. The second kappa shape index (κ2) is 7.19. The Hall–Kier alpha value is -1.84. The van der Waals surface area contributed by atoms with Gasteiger partial charge in [-0.1, -0.05) is 29.5 Å². The van der Waals surface area contributed by atoms with Crippen molar-refractivity contribution in [2.45, 2.75) is 49.9 Å². The first-order chi connectivity index (χ1) is 11.8. The van der Waals surface area contributed by atoms with Crippen molar-refractivity contribution in [1.82, 2.24) is 14.9 Å². The van der Waals surface area contributed by atoms with Gasteiger partial charge in [0.15, 0.2) is 0 Å². The van der Waals surface area contributed by atoms with Crippen molar-refractivity contribution in [1.29, 1.82) is 0 Å². The first kappa shape index (κ1) is 18.0. The number of amides is 1. The Kier molecular flexibility index (Phi) is 5.16. The zero-order chi connectivity index (χ0) is 18.0. The number of benzene rings is 1. The summed E-state index contributed by atoms with van der Waals surface area (Å²) >= 11 is 0.824. The van der Waals surface area contributed by atoms with Gasteiger partial charge >= 0.3 is 0 Å². The van der Waals surface area contributed by atoms with Crippen molar-refractivity contribution >= 4 is 32.4 Å². The molecule has 1 aromatic carbocycles. The summed E-state index contributed by atoms with van der Waals surface area (Å²) < 4.78 is 27.4. The van der Waals surface area contributed by atoms with Gasteiger partial charge in [-0.05, 0) is 49.3 Å². The van der Waals surface area contributed by atoms with E-state index in [9.17, 15) is 13.2 Å². The van der Waals surface area contributed by atoms with Gasteiger partial charge in [-0.25, -0.2) is 13.1 Å². The molecule has 0 unspecified atom stereocenters. The van der Waals surface area contributed by atoms with Gasteiger partial charge in [0, 0.05) is 13.0 Å². The molecule has 134 valence electrons. The second-order valence-corrected chi connectivity index (χ2v) is 9.00. The minimum absolute atomic E-state index is 0.161. The molecule has 2 N–H and O–H groups in total. The molecule has 1 amide bonds. The number of rotatable bonds is 5. The van der Waals surface area contributed by atoms with E-state index in [2.05, 4.69) is 32.4 Å². The number of aromatic nitrogens is 2. The van der Waals surface area contributed by atoms with E-state index in [4.69, 9.17) is 0 Å². The summed E-state index contributed by atoms with van der Waals surface area (Å²) in [5.41, 5.74) is 3.59. The quantitative estimate of drug-likeness (QED) is 0.776. The van der Waals surface area contributed by atoms with Crippen LogP contribution in [0.2, 0.25) is 0 Å². The van der Waals surface area contributed by atoms with Gasteiger partial charge in [-0.3, -0.25) is 4.79 Å². The minimum atomic E-state index is -3.80. The molecule has 1 atom stereocenters. The maximum atomic E-state index is 12.5. The minimum Gasteiger partial charge on any atom is -0.301 e. The van der Waals surface area contributed by atoms with Crippen molar-refractivity contribution in [3.63, 3.8) is 0 Å². The predicted octanol–water partition coefficient (Wildman–Crippen LogP) is 2.41. The van der Waals surface area contributed by atoms with Crippen LogP contribution in [0.5, 0.6) is 0 Å². The summed E-state index contributed by atoms with van der Waals surface area (Å²) in [5, 5.41) is 9.93. The van der Waals surface area contributed by atoms with E-state index < -0.39 is 10.0 Å². The van der Waals surface area contributed by atoms with E-state index in [1.54, 1.807) is 6.92 Å². The van der Waals surface area contributed by atoms with Gasteiger partial charge in [0.25, 0.3) is 10.0 Å². The van der Waals surface area contributed by atoms with E-state index in [-0.39, 0.29) is 21.4 Å². The van der Waals surface area contributed by atoms with Crippen LogP contribution in [0.15, 0.2) is 22.5 Å². The summed E-state index contributed by atoms with van der Waals surface area (Å²) in [6.07, 6.45) is 4.51. The lowest BCUT2D eigenvalue weighted by Crippen LogP contribution is -2.27. The van der Waals surface area contributed by atoms with E-state index in [0.717, 1.165) is 29.7 Å². The summed E-state index contributed by atoms with van der Waals surface area (Å²) in [6.45, 7) is 3.13. The van der Waals surface area contributed by atoms with Crippen LogP contribution < -0.4 is 10.0 Å². The van der Waals surface area contributed by atoms with Gasteiger partial charge in [0.1, 0.15) is 0 Å². The highest BCUT2D eigenvalue weighted by atomic mass is 32.2. The van der Waals surface area contributed by atoms with Crippen molar-refractivity contribution < 1.29 is 13.2 Å². The molecule has 3 rings (SSSR count). The van der Waals surface area contributed by atoms with Crippen LogP contribution in [-0.4, -0.2) is 24.5 Å². The van der Waals surface area contributed by atoms with Crippen molar-refractivity contribution in [3.8, 4) is 0 Å². The molecule has 1 aromatic heterocycles. The molecule has 1 aliphatic rings. The van der Waals surface area contributed by atoms with Crippen molar-refractivity contribution in [2.75, 3.05) is 5.32 Å². The van der Waals surface area contributed by atoms with Crippen LogP contribution in [0.1, 0.15) is 49.4 Å². The monoisotopic (exact) mass is 380 g/mol. The molecule has 0 radical (unpaired) electrons. The van der Waals surface area contributed by atoms with E-state index in [0.29, 0.717) is 0 Å². The predicted molar refractivity (Wildman–Crippen MR) is 96.0 cm³/mol. The number of sulfonamides is 1. The highest BCUT2D eigenvalue weighted by Crippen LogP contribution is 2.26. The summed E-state index contributed by atoms with van der Waals surface area (Å²) in [7, 11) is -3.80. The Morgan fingerprint density at radius 1 is 1.20 bits per heavy atom. The summed E-state index contributed by atoms with van der Waals surface area (Å²) in [4.78, 5) is 11.0. The molecule has 0 spiro atoms. The van der Waals surface area contributed by atoms with Gasteiger partial charge in [0.05, 0.1) is 0 Å². The number of aryl methyl sites for hydroxylation is 2. The van der Waals surface area contributed by atoms with Crippen molar-refractivity contribution in [2.24, 2.45) is 0 Å². The molecule has 0 saturated carbocycles. The number of fused-ring (bicyclic) bond motifs is 1. The van der Waals surface area contributed by atoms with Gasteiger partial charge < -0.3 is 5.32 Å². The molecule has 0 saturated heterocycles. The van der Waals surface area contributed by atoms with Gasteiger partial charge in [-0.2, -0.15) is 0 Å². The van der Waals surface area contributed by atoms with Crippen LogP contribution in [0.4, 0.5) is 5.13 Å². The van der Waals surface area contributed by atoms with Gasteiger partial charge in [-0.15, -0.1) is 10.2 Å². The smallest absolute Gasteiger partial charge is 0.270 e. The number of anilines is 1. The molecule has 1 heterocycles. The zero-order valence-electron chi connectivity index (χ0n) is 14.1. The third kappa shape index (κ3) is 4.23. The fourth-order valence-corrected chi connectivity index (χ4v) is 5.09. The Bertz CT molecular complexity index is 893. The standard InChI is InChI=1S/C16H20N4O3S2/c1-10(13-8-7-12-5-3-4-6-14(12)9-13)20-25(22,23)16-19-18-15(24-16)17-11(2)21/h7-10,20H,3-6H2,1-2H3,(H,17,18,21)/t10-/m0/s1. The Morgan fingerprint density at radius 3 is 2.64 bits per heavy atom. The lowest BCUT2D eigenvalue weighted by molar-refractivity contribution is -0.114. The summed E-state index contributed by atoms with van der Waals surface area (Å²) in [5.74, 6) is -0.324. The highest BCUT2D eigenvalue weighted by Gasteiger charge is 2.24. The van der Waals surface area contributed by atoms with Crippen LogP contribution in [0.3, 0.4) is 0 Å². The number of carbonyl (C=O) groups is 1. The fourth-order valence-electron chi connectivity index (χ4n) is 2.89. The largest absolute Gasteiger partial charge is 0.301 e. The average Bonchev–Trinajstić information content (AvgIpc) is 3.02. The normalized spacial score (nSPS) is 15.4. The molecule has 25 heavy (non-hydrogen) atoms. The number of nitrogens with one attached hydrogen (secondary N) is 2. The Labute approximate surface area is 150 Å². The third-order valence-electron chi connectivity index (χ3n) is 4.12. The van der Waals surface area contributed by atoms with Crippen LogP contribution in [0.25, 0.3) is 0 Å². The molecule has 2 aromatic rings. The van der Waals surface area contributed by atoms with Crippen LogP contribution in [0, 0.1) is 0 Å². The second-order valence-electron chi connectivity index (χ2n) is 6.13. The molecular formula is C16H20N4O3S2. The SMILES string of the molecule is CC(=O)Nc1nnc(S(=O)(=O)N[C@@H](C)c2ccc3c(c2)CCCC3)s1. The highest BCUT2D eigenvalue weighted by molar-refractivity contribution is 7.91. The van der Waals surface area contributed by atoms with Crippen molar-refractivity contribution in [3.05, 3.63) is 34.9 Å². The van der Waals surface area contributed by atoms with Crippen LogP contribution >= 0.6 is 11.3 Å². The molecule has 0 fully saturated rings. The lowest BCUT2D eigenvalue weighted by atomic mass is 9.89. The van der Waals surface area contributed by atoms with Gasteiger partial charge in [0.2, 0.25) is 15.4 Å². The Morgan fingerprint density at radius 2 is 1.92 bits per heavy atom. The third-order valence-corrected chi connectivity index (χ3v) is 6.87. The van der Waals surface area contributed by atoms with E-state index >= 15 is 0 Å². The molecule has 7 nitrogen and oxygen atoms in total. The maximum Gasteiger partial charge on any atom is 0.270 e. The summed E-state index contributed by atoms with van der Waals surface area (Å²) in [6, 6.07) is 5.77. The number of nitrogens with zero attached hydrogens (tertiary/aromatic N) is 2.